The average Bonchev–Trinajstić information content (AvgIpc) is 2.97. The molecule has 0 radical (unpaired) electrons. The highest BCUT2D eigenvalue weighted by atomic mass is 127. The molecule has 1 aliphatic carbocycles. The van der Waals surface area contributed by atoms with Crippen molar-refractivity contribution >= 4 is 29.9 Å². The topological polar surface area (TPSA) is 77.5 Å². The first kappa shape index (κ1) is 20.5. The molecule has 1 aliphatic rings. The molecule has 142 valence electrons. The third kappa shape index (κ3) is 5.89. The fourth-order valence-corrected chi connectivity index (χ4v) is 3.17. The number of aliphatic imine (C=N–C) groups is 1. The van der Waals surface area contributed by atoms with Gasteiger partial charge in [-0.3, -0.25) is 0 Å². The van der Waals surface area contributed by atoms with Crippen LogP contribution in [0, 0.1) is 0 Å². The molecule has 0 bridgehead atoms. The highest BCUT2D eigenvalue weighted by molar-refractivity contribution is 14.0. The summed E-state index contributed by atoms with van der Waals surface area (Å²) in [7, 11) is 1.66. The number of nitrogens with two attached hydrogens (primary N) is 1. The zero-order valence-electron chi connectivity index (χ0n) is 15.2. The van der Waals surface area contributed by atoms with Crippen LogP contribution in [0.15, 0.2) is 41.5 Å². The summed E-state index contributed by atoms with van der Waals surface area (Å²) >= 11 is 0. The summed E-state index contributed by atoms with van der Waals surface area (Å²) in [5.74, 6) is 1.35. The Morgan fingerprint density at radius 3 is 2.54 bits per heavy atom. The lowest BCUT2D eigenvalue weighted by Crippen LogP contribution is -2.39. The fraction of sp³-hybridized carbons (Fsp3) is 0.474. The number of nitrogens with one attached hydrogen (secondary N) is 1. The largest absolute Gasteiger partial charge is 0.497 e. The van der Waals surface area contributed by atoms with E-state index in [-0.39, 0.29) is 24.0 Å². The molecule has 1 aromatic heterocycles. The van der Waals surface area contributed by atoms with E-state index in [2.05, 4.69) is 15.4 Å². The van der Waals surface area contributed by atoms with Gasteiger partial charge in [-0.2, -0.15) is 5.10 Å². The lowest BCUT2D eigenvalue weighted by Gasteiger charge is -2.16. The van der Waals surface area contributed by atoms with E-state index in [0.717, 1.165) is 17.1 Å². The predicted molar refractivity (Wildman–Crippen MR) is 115 cm³/mol. The van der Waals surface area contributed by atoms with Gasteiger partial charge in [0.2, 0.25) is 0 Å². The van der Waals surface area contributed by atoms with Crippen LogP contribution in [0.2, 0.25) is 0 Å². The Morgan fingerprint density at radius 2 is 1.88 bits per heavy atom. The zero-order chi connectivity index (χ0) is 17.5. The highest BCUT2D eigenvalue weighted by Crippen LogP contribution is 2.17. The highest BCUT2D eigenvalue weighted by Gasteiger charge is 2.12. The number of aromatic nitrogens is 2. The lowest BCUT2D eigenvalue weighted by molar-refractivity contribution is 0.414. The van der Waals surface area contributed by atoms with Crippen LogP contribution in [-0.4, -0.2) is 28.9 Å². The van der Waals surface area contributed by atoms with Crippen LogP contribution in [0.4, 0.5) is 0 Å². The van der Waals surface area contributed by atoms with Gasteiger partial charge in [-0.25, -0.2) is 9.67 Å². The van der Waals surface area contributed by atoms with Crippen molar-refractivity contribution in [2.24, 2.45) is 10.7 Å². The minimum Gasteiger partial charge on any atom is -0.497 e. The minimum atomic E-state index is 0. The summed E-state index contributed by atoms with van der Waals surface area (Å²) in [6, 6.07) is 10.2. The predicted octanol–water partition coefficient (Wildman–Crippen LogP) is 3.63. The van der Waals surface area contributed by atoms with E-state index in [9.17, 15) is 0 Å². The Bertz CT molecular complexity index is 690. The molecule has 1 aromatic carbocycles. The molecule has 0 atom stereocenters. The first-order chi connectivity index (χ1) is 12.2. The molecule has 1 fully saturated rings. The van der Waals surface area contributed by atoms with Crippen LogP contribution in [0.3, 0.4) is 0 Å². The maximum absolute atomic E-state index is 6.04. The van der Waals surface area contributed by atoms with Crippen molar-refractivity contribution in [2.75, 3.05) is 7.11 Å². The summed E-state index contributed by atoms with van der Waals surface area (Å²) in [6.07, 6.45) is 9.51. The number of nitrogens with zero attached hydrogens (tertiary/aromatic N) is 3. The number of hydrogen-bond acceptors (Lipinski definition) is 3. The van der Waals surface area contributed by atoms with Gasteiger partial charge in [0.25, 0.3) is 0 Å². The fourth-order valence-electron chi connectivity index (χ4n) is 3.17. The number of guanidine groups is 1. The Balaban J connectivity index is 0.00000243. The molecular weight excluding hydrogens is 441 g/mol. The summed E-state index contributed by atoms with van der Waals surface area (Å²) < 4.78 is 7.01. The molecule has 3 rings (SSSR count). The van der Waals surface area contributed by atoms with Gasteiger partial charge < -0.3 is 15.8 Å². The van der Waals surface area contributed by atoms with Crippen LogP contribution in [0.1, 0.15) is 44.2 Å². The van der Waals surface area contributed by atoms with Gasteiger partial charge in [-0.05, 0) is 43.2 Å². The van der Waals surface area contributed by atoms with Crippen molar-refractivity contribution in [1.82, 2.24) is 15.1 Å². The molecule has 7 heteroatoms. The summed E-state index contributed by atoms with van der Waals surface area (Å²) in [5.41, 5.74) is 7.92. The number of benzene rings is 1. The number of ether oxygens (including phenoxy) is 1. The third-order valence-electron chi connectivity index (χ3n) is 4.60. The quantitative estimate of drug-likeness (QED) is 0.304. The number of hydrogen-bond donors (Lipinski definition) is 2. The molecule has 0 spiro atoms. The maximum atomic E-state index is 6.04. The monoisotopic (exact) mass is 469 g/mol. The number of rotatable bonds is 5. The van der Waals surface area contributed by atoms with E-state index in [4.69, 9.17) is 10.5 Å². The van der Waals surface area contributed by atoms with E-state index in [1.807, 2.05) is 41.2 Å². The standard InChI is InChI=1S/C19H27N5O.HI/c1-25-18-10-8-17(9-11-18)24-13-12-16(23-24)14-21-19(20)22-15-6-4-2-3-5-7-15;/h8-13,15H,2-7,14H2,1H3,(H3,20,21,22);1H. The molecule has 6 nitrogen and oxygen atoms in total. The van der Waals surface area contributed by atoms with Crippen molar-refractivity contribution in [3.05, 3.63) is 42.2 Å². The Morgan fingerprint density at radius 1 is 1.19 bits per heavy atom. The zero-order valence-corrected chi connectivity index (χ0v) is 17.6. The van der Waals surface area contributed by atoms with Gasteiger partial charge >= 0.3 is 0 Å². The molecule has 0 saturated heterocycles. The molecule has 0 unspecified atom stereocenters. The van der Waals surface area contributed by atoms with Crippen LogP contribution in [-0.2, 0) is 6.54 Å². The second-order valence-electron chi connectivity index (χ2n) is 6.48. The van der Waals surface area contributed by atoms with Gasteiger partial charge in [-0.15, -0.1) is 24.0 Å². The molecular formula is C19H28IN5O. The normalized spacial score (nSPS) is 15.8. The lowest BCUT2D eigenvalue weighted by atomic mass is 10.1. The van der Waals surface area contributed by atoms with E-state index < -0.39 is 0 Å². The number of halogens is 1. The number of methoxy groups -OCH3 is 1. The summed E-state index contributed by atoms with van der Waals surface area (Å²) in [4.78, 5) is 4.44. The van der Waals surface area contributed by atoms with Crippen molar-refractivity contribution in [2.45, 2.75) is 51.1 Å². The molecule has 0 amide bonds. The van der Waals surface area contributed by atoms with Gasteiger partial charge in [0.15, 0.2) is 5.96 Å². The second-order valence-corrected chi connectivity index (χ2v) is 6.48. The second kappa shape index (κ2) is 10.4. The maximum Gasteiger partial charge on any atom is 0.189 e. The van der Waals surface area contributed by atoms with Crippen LogP contribution < -0.4 is 15.8 Å². The SMILES string of the molecule is COc1ccc(-n2ccc(CN=C(N)NC3CCCCCC3)n2)cc1.I. The Kier molecular flexibility index (Phi) is 8.21. The van der Waals surface area contributed by atoms with Gasteiger partial charge in [-0.1, -0.05) is 25.7 Å². The van der Waals surface area contributed by atoms with Crippen LogP contribution >= 0.6 is 24.0 Å². The van der Waals surface area contributed by atoms with Gasteiger partial charge in [0.05, 0.1) is 25.0 Å². The molecule has 26 heavy (non-hydrogen) atoms. The molecule has 1 saturated carbocycles. The van der Waals surface area contributed by atoms with E-state index in [1.54, 1.807) is 7.11 Å². The van der Waals surface area contributed by atoms with Crippen LogP contribution in [0.25, 0.3) is 5.69 Å². The Hall–Kier alpha value is -1.77. The van der Waals surface area contributed by atoms with Gasteiger partial charge in [0, 0.05) is 12.2 Å². The van der Waals surface area contributed by atoms with Crippen molar-refractivity contribution in [1.29, 1.82) is 0 Å². The first-order valence-electron chi connectivity index (χ1n) is 9.00. The Labute approximate surface area is 172 Å². The minimum absolute atomic E-state index is 0. The molecule has 3 N–H and O–H groups in total. The first-order valence-corrected chi connectivity index (χ1v) is 9.00. The van der Waals surface area contributed by atoms with E-state index in [1.165, 1.54) is 38.5 Å². The van der Waals surface area contributed by atoms with Gasteiger partial charge in [0.1, 0.15) is 5.75 Å². The molecule has 2 aromatic rings. The van der Waals surface area contributed by atoms with E-state index in [0.29, 0.717) is 18.5 Å². The summed E-state index contributed by atoms with van der Waals surface area (Å²) in [5, 5.41) is 7.91. The van der Waals surface area contributed by atoms with Crippen LogP contribution in [0.5, 0.6) is 5.75 Å². The van der Waals surface area contributed by atoms with E-state index >= 15 is 0 Å². The van der Waals surface area contributed by atoms with Crippen molar-refractivity contribution in [3.8, 4) is 11.4 Å². The van der Waals surface area contributed by atoms with Crippen molar-refractivity contribution in [3.63, 3.8) is 0 Å². The smallest absolute Gasteiger partial charge is 0.189 e. The molecule has 1 heterocycles. The van der Waals surface area contributed by atoms with Crippen molar-refractivity contribution < 1.29 is 4.74 Å². The summed E-state index contributed by atoms with van der Waals surface area (Å²) in [6.45, 7) is 0.481. The third-order valence-corrected chi connectivity index (χ3v) is 4.60. The average molecular weight is 469 g/mol. The molecule has 0 aliphatic heterocycles.